The molecule has 3 N–H and O–H groups in total. The summed E-state index contributed by atoms with van der Waals surface area (Å²) in [5, 5.41) is 2.87. The van der Waals surface area contributed by atoms with Crippen LogP contribution in [0.25, 0.3) is 0 Å². The van der Waals surface area contributed by atoms with Crippen LogP contribution in [0, 0.1) is 11.8 Å². The Morgan fingerprint density at radius 2 is 2.00 bits per heavy atom. The second-order valence-electron chi connectivity index (χ2n) is 4.08. The van der Waals surface area contributed by atoms with Crippen LogP contribution in [0.15, 0.2) is 0 Å². The highest BCUT2D eigenvalue weighted by Crippen LogP contribution is 2.02. The van der Waals surface area contributed by atoms with Crippen molar-refractivity contribution in [3.05, 3.63) is 0 Å². The SMILES string of the molecule is CC(C)CCC(=O)NCC(C)CN. The number of amides is 1. The van der Waals surface area contributed by atoms with Crippen molar-refractivity contribution >= 4 is 5.91 Å². The Balaban J connectivity index is 3.40. The summed E-state index contributed by atoms with van der Waals surface area (Å²) in [6.45, 7) is 7.60. The van der Waals surface area contributed by atoms with E-state index < -0.39 is 0 Å². The Labute approximate surface area is 81.1 Å². The van der Waals surface area contributed by atoms with E-state index in [9.17, 15) is 4.79 Å². The van der Waals surface area contributed by atoms with Gasteiger partial charge in [0.15, 0.2) is 0 Å². The van der Waals surface area contributed by atoms with Gasteiger partial charge in [-0.1, -0.05) is 20.8 Å². The van der Waals surface area contributed by atoms with Crippen LogP contribution in [0.1, 0.15) is 33.6 Å². The maximum absolute atomic E-state index is 11.2. The van der Waals surface area contributed by atoms with Crippen molar-refractivity contribution in [1.29, 1.82) is 0 Å². The molecule has 0 aromatic heterocycles. The van der Waals surface area contributed by atoms with E-state index in [0.717, 1.165) is 6.42 Å². The fourth-order valence-corrected chi connectivity index (χ4v) is 0.880. The molecule has 78 valence electrons. The summed E-state index contributed by atoms with van der Waals surface area (Å²) in [4.78, 5) is 11.2. The highest BCUT2D eigenvalue weighted by atomic mass is 16.1. The number of nitrogens with two attached hydrogens (primary N) is 1. The number of rotatable bonds is 6. The molecular weight excluding hydrogens is 164 g/mol. The molecule has 3 heteroatoms. The predicted octanol–water partition coefficient (Wildman–Crippen LogP) is 1.13. The summed E-state index contributed by atoms with van der Waals surface area (Å²) in [7, 11) is 0. The fraction of sp³-hybridized carbons (Fsp3) is 0.900. The van der Waals surface area contributed by atoms with Crippen molar-refractivity contribution in [3.8, 4) is 0 Å². The monoisotopic (exact) mass is 186 g/mol. The topological polar surface area (TPSA) is 55.1 Å². The van der Waals surface area contributed by atoms with E-state index in [1.165, 1.54) is 0 Å². The maximum atomic E-state index is 11.2. The lowest BCUT2D eigenvalue weighted by Gasteiger charge is -2.10. The fourth-order valence-electron chi connectivity index (χ4n) is 0.880. The molecule has 0 aromatic carbocycles. The van der Waals surface area contributed by atoms with E-state index in [1.807, 2.05) is 6.92 Å². The van der Waals surface area contributed by atoms with Crippen LogP contribution in [-0.2, 0) is 4.79 Å². The molecule has 0 rings (SSSR count). The smallest absolute Gasteiger partial charge is 0.220 e. The van der Waals surface area contributed by atoms with Crippen molar-refractivity contribution in [2.45, 2.75) is 33.6 Å². The molecule has 0 heterocycles. The molecule has 0 aliphatic heterocycles. The molecule has 3 nitrogen and oxygen atoms in total. The zero-order valence-corrected chi connectivity index (χ0v) is 8.97. The lowest BCUT2D eigenvalue weighted by atomic mass is 10.1. The Morgan fingerprint density at radius 1 is 1.38 bits per heavy atom. The first kappa shape index (κ1) is 12.4. The van der Waals surface area contributed by atoms with Gasteiger partial charge in [0.2, 0.25) is 5.91 Å². The standard InChI is InChI=1S/C10H22N2O/c1-8(2)4-5-10(13)12-7-9(3)6-11/h8-9H,4-7,11H2,1-3H3,(H,12,13). The minimum atomic E-state index is 0.147. The second-order valence-corrected chi connectivity index (χ2v) is 4.08. The van der Waals surface area contributed by atoms with Gasteiger partial charge < -0.3 is 11.1 Å². The van der Waals surface area contributed by atoms with Gasteiger partial charge in [0.1, 0.15) is 0 Å². The predicted molar refractivity (Wildman–Crippen MR) is 55.3 cm³/mol. The second kappa shape index (κ2) is 6.89. The summed E-state index contributed by atoms with van der Waals surface area (Å²) in [5.41, 5.74) is 5.43. The highest BCUT2D eigenvalue weighted by molar-refractivity contribution is 5.75. The molecule has 1 atom stereocenters. The quantitative estimate of drug-likeness (QED) is 0.653. The summed E-state index contributed by atoms with van der Waals surface area (Å²) in [6, 6.07) is 0. The molecule has 1 unspecified atom stereocenters. The van der Waals surface area contributed by atoms with Crippen molar-refractivity contribution in [2.24, 2.45) is 17.6 Å². The molecule has 0 spiro atoms. The van der Waals surface area contributed by atoms with Crippen LogP contribution in [-0.4, -0.2) is 19.0 Å². The minimum absolute atomic E-state index is 0.147. The normalized spacial score (nSPS) is 13.0. The molecule has 1 amide bonds. The summed E-state index contributed by atoms with van der Waals surface area (Å²) < 4.78 is 0. The van der Waals surface area contributed by atoms with Crippen molar-refractivity contribution < 1.29 is 4.79 Å². The molecule has 0 fully saturated rings. The highest BCUT2D eigenvalue weighted by Gasteiger charge is 2.04. The van der Waals surface area contributed by atoms with Gasteiger partial charge in [0.05, 0.1) is 0 Å². The van der Waals surface area contributed by atoms with E-state index in [-0.39, 0.29) is 5.91 Å². The first-order chi connectivity index (χ1) is 6.06. The number of carbonyl (C=O) groups excluding carboxylic acids is 1. The zero-order valence-electron chi connectivity index (χ0n) is 8.97. The van der Waals surface area contributed by atoms with E-state index in [0.29, 0.717) is 31.3 Å². The van der Waals surface area contributed by atoms with Crippen molar-refractivity contribution in [1.82, 2.24) is 5.32 Å². The third-order valence-corrected chi connectivity index (χ3v) is 2.00. The molecule has 0 aliphatic carbocycles. The van der Waals surface area contributed by atoms with Crippen LogP contribution in [0.5, 0.6) is 0 Å². The molecule has 0 bridgehead atoms. The minimum Gasteiger partial charge on any atom is -0.356 e. The van der Waals surface area contributed by atoms with Gasteiger partial charge in [-0.2, -0.15) is 0 Å². The Kier molecular flexibility index (Phi) is 6.59. The number of hydrogen-bond donors (Lipinski definition) is 2. The average Bonchev–Trinajstić information content (AvgIpc) is 2.10. The zero-order chi connectivity index (χ0) is 10.3. The van der Waals surface area contributed by atoms with Gasteiger partial charge >= 0.3 is 0 Å². The molecule has 13 heavy (non-hydrogen) atoms. The van der Waals surface area contributed by atoms with Crippen LogP contribution in [0.4, 0.5) is 0 Å². The van der Waals surface area contributed by atoms with Gasteiger partial charge in [-0.05, 0) is 24.8 Å². The van der Waals surface area contributed by atoms with E-state index in [2.05, 4.69) is 19.2 Å². The summed E-state index contributed by atoms with van der Waals surface area (Å²) >= 11 is 0. The van der Waals surface area contributed by atoms with Gasteiger partial charge in [0.25, 0.3) is 0 Å². The Bertz CT molecular complexity index is 146. The molecule has 0 saturated heterocycles. The summed E-state index contributed by atoms with van der Waals surface area (Å²) in [6.07, 6.45) is 1.60. The van der Waals surface area contributed by atoms with Crippen LogP contribution in [0.3, 0.4) is 0 Å². The largest absolute Gasteiger partial charge is 0.356 e. The van der Waals surface area contributed by atoms with Crippen LogP contribution < -0.4 is 11.1 Å². The van der Waals surface area contributed by atoms with Crippen LogP contribution >= 0.6 is 0 Å². The Hall–Kier alpha value is -0.570. The van der Waals surface area contributed by atoms with E-state index in [1.54, 1.807) is 0 Å². The van der Waals surface area contributed by atoms with E-state index in [4.69, 9.17) is 5.73 Å². The molecular formula is C10H22N2O. The lowest BCUT2D eigenvalue weighted by Crippen LogP contribution is -2.31. The van der Waals surface area contributed by atoms with Gasteiger partial charge in [-0.3, -0.25) is 4.79 Å². The lowest BCUT2D eigenvalue weighted by molar-refractivity contribution is -0.121. The third kappa shape index (κ3) is 7.78. The van der Waals surface area contributed by atoms with Crippen molar-refractivity contribution in [3.63, 3.8) is 0 Å². The summed E-state index contributed by atoms with van der Waals surface area (Å²) in [5.74, 6) is 1.12. The number of carbonyl (C=O) groups is 1. The molecule has 0 aliphatic rings. The van der Waals surface area contributed by atoms with E-state index >= 15 is 0 Å². The number of hydrogen-bond acceptors (Lipinski definition) is 2. The first-order valence-corrected chi connectivity index (χ1v) is 5.03. The first-order valence-electron chi connectivity index (χ1n) is 5.03. The van der Waals surface area contributed by atoms with Crippen molar-refractivity contribution in [2.75, 3.05) is 13.1 Å². The molecule has 0 aromatic rings. The molecule has 0 saturated carbocycles. The van der Waals surface area contributed by atoms with Gasteiger partial charge in [-0.15, -0.1) is 0 Å². The van der Waals surface area contributed by atoms with Crippen LogP contribution in [0.2, 0.25) is 0 Å². The van der Waals surface area contributed by atoms with Gasteiger partial charge in [0, 0.05) is 13.0 Å². The Morgan fingerprint density at radius 3 is 2.46 bits per heavy atom. The average molecular weight is 186 g/mol. The third-order valence-electron chi connectivity index (χ3n) is 2.00. The maximum Gasteiger partial charge on any atom is 0.220 e. The molecule has 0 radical (unpaired) electrons. The van der Waals surface area contributed by atoms with Gasteiger partial charge in [-0.25, -0.2) is 0 Å². The number of nitrogens with one attached hydrogen (secondary N) is 1.